The van der Waals surface area contributed by atoms with Gasteiger partial charge in [-0.3, -0.25) is 4.79 Å². The van der Waals surface area contributed by atoms with E-state index in [9.17, 15) is 4.79 Å². The predicted molar refractivity (Wildman–Crippen MR) is 83.0 cm³/mol. The molecule has 0 aliphatic rings. The van der Waals surface area contributed by atoms with Gasteiger partial charge in [0.2, 0.25) is 5.91 Å². The quantitative estimate of drug-likeness (QED) is 0.856. The Balaban J connectivity index is 1.99. The number of rotatable bonds is 5. The normalized spacial score (nSPS) is 12.4. The van der Waals surface area contributed by atoms with Crippen LogP contribution < -0.4 is 5.32 Å². The van der Waals surface area contributed by atoms with Crippen LogP contribution in [0.2, 0.25) is 0 Å². The second kappa shape index (κ2) is 6.61. The van der Waals surface area contributed by atoms with E-state index in [0.29, 0.717) is 0 Å². The first kappa shape index (κ1) is 14.7. The minimum Gasteiger partial charge on any atom is -0.310 e. The SMILES string of the molecule is CC(Sc1ccccc1)C(=O)Nc1ccnn1C(C)C. The molecule has 0 aliphatic heterocycles. The third-order valence-electron chi connectivity index (χ3n) is 2.84. The van der Waals surface area contributed by atoms with Gasteiger partial charge in [-0.2, -0.15) is 5.10 Å². The molecule has 1 unspecified atom stereocenters. The molecule has 1 amide bonds. The molecule has 20 heavy (non-hydrogen) atoms. The van der Waals surface area contributed by atoms with Gasteiger partial charge >= 0.3 is 0 Å². The smallest absolute Gasteiger partial charge is 0.238 e. The van der Waals surface area contributed by atoms with Crippen molar-refractivity contribution in [1.82, 2.24) is 9.78 Å². The second-order valence-electron chi connectivity index (χ2n) is 4.82. The second-order valence-corrected chi connectivity index (χ2v) is 6.23. The molecule has 2 aromatic rings. The number of hydrogen-bond donors (Lipinski definition) is 1. The van der Waals surface area contributed by atoms with Crippen molar-refractivity contribution in [1.29, 1.82) is 0 Å². The molecule has 4 nitrogen and oxygen atoms in total. The number of carbonyl (C=O) groups is 1. The standard InChI is InChI=1S/C15H19N3OS/c1-11(2)18-14(9-10-16-18)17-15(19)12(3)20-13-7-5-4-6-8-13/h4-12H,1-3H3,(H,17,19). The number of hydrogen-bond acceptors (Lipinski definition) is 3. The summed E-state index contributed by atoms with van der Waals surface area (Å²) < 4.78 is 1.80. The maximum atomic E-state index is 12.2. The number of carbonyl (C=O) groups excluding carboxylic acids is 1. The zero-order valence-electron chi connectivity index (χ0n) is 11.9. The van der Waals surface area contributed by atoms with Gasteiger partial charge in [-0.1, -0.05) is 18.2 Å². The van der Waals surface area contributed by atoms with Crippen molar-refractivity contribution in [3.05, 3.63) is 42.6 Å². The molecule has 1 aromatic carbocycles. The number of nitrogens with one attached hydrogen (secondary N) is 1. The fourth-order valence-electron chi connectivity index (χ4n) is 1.81. The molecule has 0 spiro atoms. The van der Waals surface area contributed by atoms with Crippen LogP contribution in [0.5, 0.6) is 0 Å². The molecule has 1 N–H and O–H groups in total. The third-order valence-corrected chi connectivity index (χ3v) is 3.95. The summed E-state index contributed by atoms with van der Waals surface area (Å²) in [6.07, 6.45) is 1.70. The zero-order valence-corrected chi connectivity index (χ0v) is 12.7. The molecule has 0 radical (unpaired) electrons. The van der Waals surface area contributed by atoms with Gasteiger partial charge in [0, 0.05) is 17.0 Å². The summed E-state index contributed by atoms with van der Waals surface area (Å²) >= 11 is 1.55. The number of amides is 1. The third kappa shape index (κ3) is 3.63. The number of nitrogens with zero attached hydrogens (tertiary/aromatic N) is 2. The lowest BCUT2D eigenvalue weighted by Crippen LogP contribution is -2.24. The van der Waals surface area contributed by atoms with Crippen LogP contribution >= 0.6 is 11.8 Å². The van der Waals surface area contributed by atoms with E-state index in [-0.39, 0.29) is 17.2 Å². The molecule has 0 bridgehead atoms. The van der Waals surface area contributed by atoms with Gasteiger partial charge in [0.05, 0.1) is 11.4 Å². The molecule has 0 saturated carbocycles. The lowest BCUT2D eigenvalue weighted by molar-refractivity contribution is -0.115. The van der Waals surface area contributed by atoms with Crippen molar-refractivity contribution in [2.24, 2.45) is 0 Å². The molecule has 2 rings (SSSR count). The van der Waals surface area contributed by atoms with Crippen molar-refractivity contribution in [3.63, 3.8) is 0 Å². The zero-order chi connectivity index (χ0) is 14.5. The van der Waals surface area contributed by atoms with E-state index < -0.39 is 0 Å². The molecule has 1 atom stereocenters. The van der Waals surface area contributed by atoms with Crippen LogP contribution in [0, 0.1) is 0 Å². The highest BCUT2D eigenvalue weighted by atomic mass is 32.2. The molecule has 106 valence electrons. The van der Waals surface area contributed by atoms with Crippen LogP contribution in [0.4, 0.5) is 5.82 Å². The van der Waals surface area contributed by atoms with Crippen molar-refractivity contribution in [2.75, 3.05) is 5.32 Å². The predicted octanol–water partition coefficient (Wildman–Crippen LogP) is 3.58. The monoisotopic (exact) mass is 289 g/mol. The largest absolute Gasteiger partial charge is 0.310 e. The van der Waals surface area contributed by atoms with Crippen LogP contribution in [0.1, 0.15) is 26.8 Å². The summed E-state index contributed by atoms with van der Waals surface area (Å²) in [6, 6.07) is 12.0. The van der Waals surface area contributed by atoms with Crippen molar-refractivity contribution < 1.29 is 4.79 Å². The van der Waals surface area contributed by atoms with Crippen molar-refractivity contribution in [3.8, 4) is 0 Å². The Labute approximate surface area is 123 Å². The van der Waals surface area contributed by atoms with Crippen LogP contribution in [0.25, 0.3) is 0 Å². The van der Waals surface area contributed by atoms with Crippen LogP contribution in [-0.4, -0.2) is 20.9 Å². The molecule has 5 heteroatoms. The average molecular weight is 289 g/mol. The van der Waals surface area contributed by atoms with E-state index >= 15 is 0 Å². The topological polar surface area (TPSA) is 46.9 Å². The van der Waals surface area contributed by atoms with Crippen LogP contribution in [-0.2, 0) is 4.79 Å². The maximum absolute atomic E-state index is 12.2. The average Bonchev–Trinajstić information content (AvgIpc) is 2.88. The van der Waals surface area contributed by atoms with E-state index in [0.717, 1.165) is 10.7 Å². The molecule has 0 fully saturated rings. The van der Waals surface area contributed by atoms with Gasteiger partial charge in [0.25, 0.3) is 0 Å². The molecular formula is C15H19N3OS. The lowest BCUT2D eigenvalue weighted by atomic mass is 10.4. The summed E-state index contributed by atoms with van der Waals surface area (Å²) in [5, 5.41) is 6.98. The first-order chi connectivity index (χ1) is 9.58. The number of anilines is 1. The Hall–Kier alpha value is -1.75. The fourth-order valence-corrected chi connectivity index (χ4v) is 2.70. The van der Waals surface area contributed by atoms with Gasteiger partial charge in [-0.15, -0.1) is 11.8 Å². The molecule has 1 heterocycles. The van der Waals surface area contributed by atoms with E-state index in [1.807, 2.05) is 57.2 Å². The minimum atomic E-state index is -0.159. The Morgan fingerprint density at radius 2 is 1.90 bits per heavy atom. The number of thioether (sulfide) groups is 1. The van der Waals surface area contributed by atoms with Gasteiger partial charge in [-0.05, 0) is 32.9 Å². The summed E-state index contributed by atoms with van der Waals surface area (Å²) in [4.78, 5) is 13.3. The van der Waals surface area contributed by atoms with Crippen LogP contribution in [0.3, 0.4) is 0 Å². The number of aromatic nitrogens is 2. The Bertz CT molecular complexity index is 566. The Morgan fingerprint density at radius 1 is 1.20 bits per heavy atom. The highest BCUT2D eigenvalue weighted by molar-refractivity contribution is 8.00. The molecule has 0 saturated heterocycles. The highest BCUT2D eigenvalue weighted by Gasteiger charge is 2.16. The summed E-state index contributed by atoms with van der Waals surface area (Å²) in [5.74, 6) is 0.728. The summed E-state index contributed by atoms with van der Waals surface area (Å²) in [5.41, 5.74) is 0. The Morgan fingerprint density at radius 3 is 2.55 bits per heavy atom. The van der Waals surface area contributed by atoms with E-state index in [1.54, 1.807) is 22.6 Å². The first-order valence-electron chi connectivity index (χ1n) is 6.64. The Kier molecular flexibility index (Phi) is 4.84. The van der Waals surface area contributed by atoms with Crippen molar-refractivity contribution >= 4 is 23.5 Å². The summed E-state index contributed by atoms with van der Waals surface area (Å²) in [7, 11) is 0. The van der Waals surface area contributed by atoms with Gasteiger partial charge in [-0.25, -0.2) is 4.68 Å². The van der Waals surface area contributed by atoms with E-state index in [2.05, 4.69) is 10.4 Å². The first-order valence-corrected chi connectivity index (χ1v) is 7.52. The van der Waals surface area contributed by atoms with E-state index in [1.165, 1.54) is 0 Å². The van der Waals surface area contributed by atoms with Crippen molar-refractivity contribution in [2.45, 2.75) is 37.0 Å². The highest BCUT2D eigenvalue weighted by Crippen LogP contribution is 2.24. The van der Waals surface area contributed by atoms with Gasteiger partial charge in [0.1, 0.15) is 5.82 Å². The van der Waals surface area contributed by atoms with Gasteiger partial charge in [0.15, 0.2) is 0 Å². The number of benzene rings is 1. The maximum Gasteiger partial charge on any atom is 0.238 e. The lowest BCUT2D eigenvalue weighted by Gasteiger charge is -2.14. The fraction of sp³-hybridized carbons (Fsp3) is 0.333. The molecule has 1 aromatic heterocycles. The van der Waals surface area contributed by atoms with E-state index in [4.69, 9.17) is 0 Å². The molecular weight excluding hydrogens is 270 g/mol. The van der Waals surface area contributed by atoms with Crippen LogP contribution in [0.15, 0.2) is 47.5 Å². The molecule has 0 aliphatic carbocycles. The minimum absolute atomic E-state index is 0.0127. The summed E-state index contributed by atoms with van der Waals surface area (Å²) in [6.45, 7) is 5.97. The van der Waals surface area contributed by atoms with Gasteiger partial charge < -0.3 is 5.32 Å².